The molecule has 0 heterocycles. The molecule has 1 unspecified atom stereocenters. The number of carbonyl (C=O) groups is 2. The minimum absolute atomic E-state index is 0.00525. The molecule has 0 aliphatic heterocycles. The smallest absolute Gasteiger partial charge is 0.303 e. The second kappa shape index (κ2) is 7.53. The summed E-state index contributed by atoms with van der Waals surface area (Å²) in [6.07, 6.45) is -0.159. The molecule has 0 aliphatic rings. The molecule has 2 N–H and O–H groups in total. The van der Waals surface area contributed by atoms with Crippen LogP contribution in [0.3, 0.4) is 0 Å². The summed E-state index contributed by atoms with van der Waals surface area (Å²) in [4.78, 5) is 22.2. The number of aliphatic carboxylic acids is 1. The van der Waals surface area contributed by atoms with Crippen LogP contribution in [-0.4, -0.2) is 24.1 Å². The quantitative estimate of drug-likeness (QED) is 0.803. The van der Waals surface area contributed by atoms with Gasteiger partial charge in [0.2, 0.25) is 5.91 Å². The topological polar surface area (TPSA) is 75.6 Å². The van der Waals surface area contributed by atoms with E-state index in [1.165, 1.54) is 0 Å². The summed E-state index contributed by atoms with van der Waals surface area (Å²) in [5.74, 6) is -0.252. The van der Waals surface area contributed by atoms with Gasteiger partial charge in [-0.05, 0) is 23.6 Å². The number of hydrogen-bond acceptors (Lipinski definition) is 3. The first kappa shape index (κ1) is 16.0. The van der Waals surface area contributed by atoms with Gasteiger partial charge in [0.1, 0.15) is 5.75 Å². The summed E-state index contributed by atoms with van der Waals surface area (Å²) in [6.45, 7) is 4.01. The molecule has 20 heavy (non-hydrogen) atoms. The Hall–Kier alpha value is -2.04. The molecule has 0 spiro atoms. The summed E-state index contributed by atoms with van der Waals surface area (Å²) in [5.41, 5.74) is 0.976. The Morgan fingerprint density at radius 2 is 1.80 bits per heavy atom. The first-order chi connectivity index (χ1) is 9.43. The van der Waals surface area contributed by atoms with E-state index in [4.69, 9.17) is 9.84 Å². The Labute approximate surface area is 118 Å². The van der Waals surface area contributed by atoms with Crippen molar-refractivity contribution in [2.75, 3.05) is 7.11 Å². The number of carboxylic acids is 1. The van der Waals surface area contributed by atoms with E-state index in [9.17, 15) is 9.59 Å². The maximum atomic E-state index is 11.8. The molecular weight excluding hydrogens is 258 g/mol. The monoisotopic (exact) mass is 279 g/mol. The Morgan fingerprint density at radius 3 is 2.25 bits per heavy atom. The molecule has 0 aromatic heterocycles. The second-order valence-corrected chi connectivity index (χ2v) is 4.96. The Bertz CT molecular complexity index is 453. The Morgan fingerprint density at radius 1 is 1.20 bits per heavy atom. The van der Waals surface area contributed by atoms with Gasteiger partial charge in [-0.3, -0.25) is 9.59 Å². The highest BCUT2D eigenvalue weighted by Gasteiger charge is 2.18. The molecule has 1 atom stereocenters. The largest absolute Gasteiger partial charge is 0.497 e. The highest BCUT2D eigenvalue weighted by atomic mass is 16.5. The van der Waals surface area contributed by atoms with E-state index in [1.807, 2.05) is 38.1 Å². The van der Waals surface area contributed by atoms with Crippen LogP contribution in [-0.2, 0) is 9.59 Å². The molecule has 1 aromatic rings. The lowest BCUT2D eigenvalue weighted by atomic mass is 9.95. The van der Waals surface area contributed by atoms with Crippen molar-refractivity contribution in [3.63, 3.8) is 0 Å². The highest BCUT2D eigenvalue weighted by molar-refractivity contribution is 5.80. The molecule has 0 saturated carbocycles. The fourth-order valence-electron chi connectivity index (χ4n) is 1.91. The predicted octanol–water partition coefficient (Wildman–Crippen LogP) is 2.37. The zero-order valence-electron chi connectivity index (χ0n) is 12.1. The van der Waals surface area contributed by atoms with Gasteiger partial charge in [-0.25, -0.2) is 0 Å². The number of carboxylic acid groups (broad SMARTS) is 1. The molecule has 1 rings (SSSR count). The molecule has 0 aliphatic carbocycles. The summed E-state index contributed by atoms with van der Waals surface area (Å²) in [5, 5.41) is 11.5. The lowest BCUT2D eigenvalue weighted by Gasteiger charge is -2.23. The van der Waals surface area contributed by atoms with E-state index in [1.54, 1.807) is 7.11 Å². The number of ether oxygens (including phenoxy) is 1. The van der Waals surface area contributed by atoms with Crippen LogP contribution in [0.4, 0.5) is 0 Å². The SMILES string of the molecule is COc1ccc(C(NC(=O)CCC(=O)O)C(C)C)cc1. The van der Waals surface area contributed by atoms with Gasteiger partial charge in [0.25, 0.3) is 0 Å². The van der Waals surface area contributed by atoms with E-state index >= 15 is 0 Å². The lowest BCUT2D eigenvalue weighted by Crippen LogP contribution is -2.31. The number of nitrogens with one attached hydrogen (secondary N) is 1. The molecule has 1 aromatic carbocycles. The first-order valence-electron chi connectivity index (χ1n) is 6.59. The van der Waals surface area contributed by atoms with Gasteiger partial charge in [-0.15, -0.1) is 0 Å². The number of hydrogen-bond donors (Lipinski definition) is 2. The van der Waals surface area contributed by atoms with Crippen molar-refractivity contribution in [2.24, 2.45) is 5.92 Å². The number of rotatable bonds is 7. The van der Waals surface area contributed by atoms with Crippen LogP contribution in [0.2, 0.25) is 0 Å². The maximum absolute atomic E-state index is 11.8. The van der Waals surface area contributed by atoms with E-state index in [2.05, 4.69) is 5.32 Å². The normalized spacial score (nSPS) is 12.0. The van der Waals surface area contributed by atoms with Gasteiger partial charge in [0.15, 0.2) is 0 Å². The third-order valence-electron chi connectivity index (χ3n) is 3.02. The molecule has 0 bridgehead atoms. The molecule has 5 heteroatoms. The zero-order valence-corrected chi connectivity index (χ0v) is 12.1. The first-order valence-corrected chi connectivity index (χ1v) is 6.59. The predicted molar refractivity (Wildman–Crippen MR) is 75.6 cm³/mol. The van der Waals surface area contributed by atoms with Gasteiger partial charge < -0.3 is 15.2 Å². The summed E-state index contributed by atoms with van der Waals surface area (Å²) < 4.78 is 5.10. The third-order valence-corrected chi connectivity index (χ3v) is 3.02. The van der Waals surface area contributed by atoms with Crippen molar-refractivity contribution in [1.29, 1.82) is 0 Å². The lowest BCUT2D eigenvalue weighted by molar-refractivity contribution is -0.139. The third kappa shape index (κ3) is 4.91. The van der Waals surface area contributed by atoms with Gasteiger partial charge in [-0.2, -0.15) is 0 Å². The Kier molecular flexibility index (Phi) is 6.03. The molecule has 1 amide bonds. The van der Waals surface area contributed by atoms with Crippen molar-refractivity contribution < 1.29 is 19.4 Å². The van der Waals surface area contributed by atoms with E-state index in [0.29, 0.717) is 0 Å². The van der Waals surface area contributed by atoms with Crippen LogP contribution in [0.5, 0.6) is 5.75 Å². The van der Waals surface area contributed by atoms with Gasteiger partial charge in [0, 0.05) is 6.42 Å². The molecule has 0 saturated heterocycles. The van der Waals surface area contributed by atoms with Crippen molar-refractivity contribution in [3.8, 4) is 5.75 Å². The standard InChI is InChI=1S/C15H21NO4/c1-10(2)15(16-13(17)8-9-14(18)19)11-4-6-12(20-3)7-5-11/h4-7,10,15H,8-9H2,1-3H3,(H,16,17)(H,18,19). The van der Waals surface area contributed by atoms with Gasteiger partial charge >= 0.3 is 5.97 Å². The molecule has 0 fully saturated rings. The number of methoxy groups -OCH3 is 1. The van der Waals surface area contributed by atoms with Gasteiger partial charge in [0.05, 0.1) is 19.6 Å². The minimum Gasteiger partial charge on any atom is -0.497 e. The fourth-order valence-corrected chi connectivity index (χ4v) is 1.91. The summed E-state index contributed by atoms with van der Waals surface area (Å²) in [6, 6.07) is 7.35. The molecule has 0 radical (unpaired) electrons. The highest BCUT2D eigenvalue weighted by Crippen LogP contribution is 2.24. The van der Waals surface area contributed by atoms with Crippen molar-refractivity contribution in [3.05, 3.63) is 29.8 Å². The zero-order chi connectivity index (χ0) is 15.1. The van der Waals surface area contributed by atoms with Crippen molar-refractivity contribution in [1.82, 2.24) is 5.32 Å². The van der Waals surface area contributed by atoms with E-state index in [0.717, 1.165) is 11.3 Å². The minimum atomic E-state index is -0.967. The van der Waals surface area contributed by atoms with Crippen LogP contribution in [0.1, 0.15) is 38.3 Å². The number of benzene rings is 1. The van der Waals surface area contributed by atoms with Crippen LogP contribution >= 0.6 is 0 Å². The van der Waals surface area contributed by atoms with Crippen molar-refractivity contribution in [2.45, 2.75) is 32.7 Å². The van der Waals surface area contributed by atoms with E-state index in [-0.39, 0.29) is 30.7 Å². The van der Waals surface area contributed by atoms with Crippen LogP contribution in [0.25, 0.3) is 0 Å². The van der Waals surface area contributed by atoms with Crippen LogP contribution in [0.15, 0.2) is 24.3 Å². The number of carbonyl (C=O) groups excluding carboxylic acids is 1. The molecular formula is C15H21NO4. The fraction of sp³-hybridized carbons (Fsp3) is 0.467. The second-order valence-electron chi connectivity index (χ2n) is 4.96. The van der Waals surface area contributed by atoms with Crippen LogP contribution < -0.4 is 10.1 Å². The average molecular weight is 279 g/mol. The number of amides is 1. The Balaban J connectivity index is 2.73. The molecule has 110 valence electrons. The van der Waals surface area contributed by atoms with Crippen molar-refractivity contribution >= 4 is 11.9 Å². The van der Waals surface area contributed by atoms with Gasteiger partial charge in [-0.1, -0.05) is 26.0 Å². The van der Waals surface area contributed by atoms with Crippen LogP contribution in [0, 0.1) is 5.92 Å². The summed E-state index contributed by atoms with van der Waals surface area (Å²) >= 11 is 0. The van der Waals surface area contributed by atoms with E-state index < -0.39 is 5.97 Å². The average Bonchev–Trinajstić information content (AvgIpc) is 2.42. The summed E-state index contributed by atoms with van der Waals surface area (Å²) in [7, 11) is 1.60. The molecule has 5 nitrogen and oxygen atoms in total. The maximum Gasteiger partial charge on any atom is 0.303 e.